The van der Waals surface area contributed by atoms with Gasteiger partial charge in [0.1, 0.15) is 12.1 Å². The van der Waals surface area contributed by atoms with Crippen LogP contribution in [0.1, 0.15) is 74.6 Å². The highest BCUT2D eigenvalue weighted by molar-refractivity contribution is 6.01. The van der Waals surface area contributed by atoms with Crippen molar-refractivity contribution >= 4 is 11.5 Å². The third kappa shape index (κ3) is 2.98. The molecular formula is C25H27N3O. The summed E-state index contributed by atoms with van der Waals surface area (Å²) in [7, 11) is 0. The zero-order valence-electron chi connectivity index (χ0n) is 17.2. The molecule has 0 atom stereocenters. The van der Waals surface area contributed by atoms with Gasteiger partial charge in [-0.05, 0) is 94.2 Å². The van der Waals surface area contributed by atoms with E-state index in [4.69, 9.17) is 0 Å². The Bertz CT molecular complexity index is 982. The van der Waals surface area contributed by atoms with Crippen LogP contribution in [0.3, 0.4) is 0 Å². The molecule has 1 aromatic rings. The predicted octanol–water partition coefficient (Wildman–Crippen LogP) is 4.48. The van der Waals surface area contributed by atoms with E-state index in [0.29, 0.717) is 11.1 Å². The maximum absolute atomic E-state index is 13.6. The lowest BCUT2D eigenvalue weighted by atomic mass is 9.48. The summed E-state index contributed by atoms with van der Waals surface area (Å²) in [6.07, 6.45) is 9.70. The Hall–Kier alpha value is -2.59. The summed E-state index contributed by atoms with van der Waals surface area (Å²) in [4.78, 5) is 13.6. The molecule has 4 aliphatic carbocycles. The van der Waals surface area contributed by atoms with Gasteiger partial charge in [-0.2, -0.15) is 10.5 Å². The van der Waals surface area contributed by atoms with Crippen LogP contribution in [0.25, 0.3) is 5.70 Å². The third-order valence-corrected chi connectivity index (χ3v) is 7.72. The van der Waals surface area contributed by atoms with Gasteiger partial charge in [-0.15, -0.1) is 0 Å². The summed E-state index contributed by atoms with van der Waals surface area (Å²) in [5.41, 5.74) is 3.17. The van der Waals surface area contributed by atoms with Gasteiger partial charge in [0.25, 0.3) is 0 Å². The molecule has 4 bridgehead atoms. The minimum atomic E-state index is -0.207. The summed E-state index contributed by atoms with van der Waals surface area (Å²) in [6, 6.07) is 7.90. The molecule has 1 heterocycles. The average Bonchev–Trinajstić information content (AvgIpc) is 2.65. The number of hydrogen-bond acceptors (Lipinski definition) is 4. The molecule has 1 N–H and O–H groups in total. The molecule has 0 amide bonds. The quantitative estimate of drug-likeness (QED) is 0.762. The Morgan fingerprint density at radius 2 is 1.59 bits per heavy atom. The Labute approximate surface area is 172 Å². The largest absolute Gasteiger partial charge is 0.379 e. The molecule has 4 fully saturated rings. The van der Waals surface area contributed by atoms with Gasteiger partial charge in [-0.3, -0.25) is 4.79 Å². The third-order valence-electron chi connectivity index (χ3n) is 7.72. The monoisotopic (exact) mass is 385 g/mol. The number of nitrogens with one attached hydrogen (secondary N) is 1. The number of carbonyl (C=O) groups excluding carboxylic acids is 1. The van der Waals surface area contributed by atoms with Gasteiger partial charge >= 0.3 is 0 Å². The lowest BCUT2D eigenvalue weighted by Crippen LogP contribution is -2.50. The van der Waals surface area contributed by atoms with E-state index in [2.05, 4.69) is 31.3 Å². The van der Waals surface area contributed by atoms with Crippen molar-refractivity contribution in [1.29, 1.82) is 10.5 Å². The molecule has 0 saturated heterocycles. The normalized spacial score (nSPS) is 34.8. The molecule has 4 heteroatoms. The smallest absolute Gasteiger partial charge is 0.163 e. The molecule has 148 valence electrons. The second-order valence-corrected chi connectivity index (χ2v) is 10.6. The topological polar surface area (TPSA) is 76.7 Å². The first-order valence-corrected chi connectivity index (χ1v) is 10.8. The zero-order chi connectivity index (χ0) is 20.4. The van der Waals surface area contributed by atoms with Gasteiger partial charge in [0.2, 0.25) is 0 Å². The van der Waals surface area contributed by atoms with E-state index in [9.17, 15) is 15.3 Å². The van der Waals surface area contributed by atoms with Crippen LogP contribution in [0.2, 0.25) is 0 Å². The van der Waals surface area contributed by atoms with Crippen LogP contribution in [0, 0.1) is 45.8 Å². The lowest BCUT2D eigenvalue weighted by Gasteiger charge is -2.55. The van der Waals surface area contributed by atoms with Gasteiger partial charge in [0, 0.05) is 28.3 Å². The predicted molar refractivity (Wildman–Crippen MR) is 110 cm³/mol. The molecule has 4 saturated carbocycles. The number of ketones is 1. The van der Waals surface area contributed by atoms with Crippen molar-refractivity contribution in [2.75, 3.05) is 0 Å². The van der Waals surface area contributed by atoms with Crippen molar-refractivity contribution in [3.8, 4) is 12.1 Å². The van der Waals surface area contributed by atoms with E-state index < -0.39 is 0 Å². The first-order chi connectivity index (χ1) is 13.8. The van der Waals surface area contributed by atoms with Crippen LogP contribution in [0.4, 0.5) is 0 Å². The van der Waals surface area contributed by atoms with Crippen molar-refractivity contribution in [1.82, 2.24) is 5.32 Å². The van der Waals surface area contributed by atoms with Crippen LogP contribution >= 0.6 is 0 Å². The van der Waals surface area contributed by atoms with Crippen LogP contribution < -0.4 is 5.32 Å². The standard InChI is InChI=1S/C25H27N3O/c1-24(2)12-18-6-19(13-26)20(14-27)7-21(18)22(28-24)8-23(29)25-9-15-3-16(10-25)5-17(4-15)11-25/h6-8,15-17,28H,3-5,9-12H2,1-2H3/b22-8-. The molecule has 6 rings (SSSR count). The highest BCUT2D eigenvalue weighted by Crippen LogP contribution is 2.60. The zero-order valence-corrected chi connectivity index (χ0v) is 17.2. The first kappa shape index (κ1) is 18.4. The van der Waals surface area contributed by atoms with Gasteiger partial charge in [-0.1, -0.05) is 0 Å². The summed E-state index contributed by atoms with van der Waals surface area (Å²) in [6.45, 7) is 4.23. The van der Waals surface area contributed by atoms with Gasteiger partial charge in [-0.25, -0.2) is 0 Å². The minimum Gasteiger partial charge on any atom is -0.379 e. The second kappa shape index (κ2) is 6.20. The molecule has 29 heavy (non-hydrogen) atoms. The van der Waals surface area contributed by atoms with Crippen LogP contribution in [-0.4, -0.2) is 11.3 Å². The molecule has 1 aliphatic heterocycles. The Morgan fingerprint density at radius 1 is 1.03 bits per heavy atom. The number of rotatable bonds is 2. The highest BCUT2D eigenvalue weighted by atomic mass is 16.1. The first-order valence-electron chi connectivity index (χ1n) is 10.8. The SMILES string of the molecule is CC1(C)Cc2cc(C#N)c(C#N)cc2/C(=C/C(=O)C23CC4CC(CC(C4)C2)C3)N1. The van der Waals surface area contributed by atoms with Gasteiger partial charge in [0.15, 0.2) is 5.78 Å². The Kier molecular flexibility index (Phi) is 3.94. The van der Waals surface area contributed by atoms with E-state index in [1.165, 1.54) is 19.3 Å². The average molecular weight is 386 g/mol. The number of nitriles is 2. The lowest BCUT2D eigenvalue weighted by molar-refractivity contribution is -0.138. The molecule has 4 nitrogen and oxygen atoms in total. The fourth-order valence-electron chi connectivity index (χ4n) is 6.99. The number of benzene rings is 1. The maximum Gasteiger partial charge on any atom is 0.163 e. The maximum atomic E-state index is 13.6. The van der Waals surface area contributed by atoms with Crippen molar-refractivity contribution < 1.29 is 4.79 Å². The molecule has 0 spiro atoms. The van der Waals surface area contributed by atoms with Crippen molar-refractivity contribution in [2.45, 2.75) is 64.3 Å². The number of hydrogen-bond donors (Lipinski definition) is 1. The molecule has 1 aromatic carbocycles. The van der Waals surface area contributed by atoms with Gasteiger partial charge in [0.05, 0.1) is 11.1 Å². The van der Waals surface area contributed by atoms with E-state index in [0.717, 1.165) is 60.3 Å². The molecule has 0 radical (unpaired) electrons. The van der Waals surface area contributed by atoms with E-state index in [1.807, 2.05) is 12.1 Å². The van der Waals surface area contributed by atoms with Crippen LogP contribution in [0.15, 0.2) is 18.2 Å². The van der Waals surface area contributed by atoms with Gasteiger partial charge < -0.3 is 5.32 Å². The van der Waals surface area contributed by atoms with E-state index >= 15 is 0 Å². The number of allylic oxidation sites excluding steroid dienone is 1. The summed E-state index contributed by atoms with van der Waals surface area (Å²) >= 11 is 0. The van der Waals surface area contributed by atoms with E-state index in [1.54, 1.807) is 6.07 Å². The van der Waals surface area contributed by atoms with Crippen LogP contribution in [0.5, 0.6) is 0 Å². The Balaban J connectivity index is 1.56. The van der Waals surface area contributed by atoms with E-state index in [-0.39, 0.29) is 16.7 Å². The number of carbonyl (C=O) groups is 1. The van der Waals surface area contributed by atoms with Crippen molar-refractivity contribution in [2.24, 2.45) is 23.2 Å². The molecule has 0 unspecified atom stereocenters. The Morgan fingerprint density at radius 3 is 2.14 bits per heavy atom. The fourth-order valence-corrected chi connectivity index (χ4v) is 6.99. The minimum absolute atomic E-state index is 0.171. The highest BCUT2D eigenvalue weighted by Gasteiger charge is 2.54. The number of fused-ring (bicyclic) bond motifs is 1. The summed E-state index contributed by atoms with van der Waals surface area (Å²) in [5, 5.41) is 22.4. The second-order valence-electron chi connectivity index (χ2n) is 10.6. The fraction of sp³-hybridized carbons (Fsp3) is 0.560. The van der Waals surface area contributed by atoms with Crippen LogP contribution in [-0.2, 0) is 11.2 Å². The number of nitrogens with zero attached hydrogens (tertiary/aromatic N) is 2. The van der Waals surface area contributed by atoms with Crippen molar-refractivity contribution in [3.05, 3.63) is 40.5 Å². The van der Waals surface area contributed by atoms with Crippen molar-refractivity contribution in [3.63, 3.8) is 0 Å². The molecule has 5 aliphatic rings. The summed E-state index contributed by atoms with van der Waals surface area (Å²) < 4.78 is 0. The molecule has 0 aromatic heterocycles. The summed E-state index contributed by atoms with van der Waals surface area (Å²) in [5.74, 6) is 2.46. The molecular weight excluding hydrogens is 358 g/mol.